The number of carbonyl (C=O) groups excluding carboxylic acids is 1. The maximum absolute atomic E-state index is 12.7. The van der Waals surface area contributed by atoms with E-state index >= 15 is 0 Å². The van der Waals surface area contributed by atoms with Gasteiger partial charge >= 0.3 is 0 Å². The zero-order valence-electron chi connectivity index (χ0n) is 20.1. The molecule has 0 saturated carbocycles. The molecular weight excluding hydrogens is 519 g/mol. The Labute approximate surface area is 230 Å². The number of nitrogens with one attached hydrogen (secondary N) is 1. The van der Waals surface area contributed by atoms with Gasteiger partial charge in [-0.2, -0.15) is 10.2 Å². The highest BCUT2D eigenvalue weighted by Crippen LogP contribution is 2.24. The molecular formula is C30H22Cl2N4O2. The van der Waals surface area contributed by atoms with Crippen LogP contribution in [0.2, 0.25) is 10.0 Å². The molecule has 0 aliphatic heterocycles. The fourth-order valence-corrected chi connectivity index (χ4v) is 4.21. The Balaban J connectivity index is 1.26. The molecule has 4 aromatic carbocycles. The molecule has 5 aromatic rings. The number of para-hydroxylation sites is 1. The van der Waals surface area contributed by atoms with Crippen molar-refractivity contribution >= 4 is 35.3 Å². The van der Waals surface area contributed by atoms with Crippen LogP contribution in [0.3, 0.4) is 0 Å². The minimum Gasteiger partial charge on any atom is -0.489 e. The summed E-state index contributed by atoms with van der Waals surface area (Å²) in [7, 11) is 0. The lowest BCUT2D eigenvalue weighted by molar-refractivity contribution is 0.0955. The van der Waals surface area contributed by atoms with Gasteiger partial charge in [-0.05, 0) is 48.5 Å². The van der Waals surface area contributed by atoms with E-state index in [1.54, 1.807) is 47.3 Å². The van der Waals surface area contributed by atoms with Crippen LogP contribution < -0.4 is 10.2 Å². The lowest BCUT2D eigenvalue weighted by atomic mass is 10.1. The highest BCUT2D eigenvalue weighted by Gasteiger charge is 2.11. The van der Waals surface area contributed by atoms with Gasteiger partial charge in [-0.25, -0.2) is 10.1 Å². The fourth-order valence-electron chi connectivity index (χ4n) is 3.74. The van der Waals surface area contributed by atoms with E-state index in [0.29, 0.717) is 21.4 Å². The summed E-state index contributed by atoms with van der Waals surface area (Å²) in [6.45, 7) is 0.284. The maximum atomic E-state index is 12.7. The Morgan fingerprint density at radius 3 is 2.34 bits per heavy atom. The van der Waals surface area contributed by atoms with E-state index < -0.39 is 0 Å². The second-order valence-corrected chi connectivity index (χ2v) is 9.17. The molecule has 188 valence electrons. The van der Waals surface area contributed by atoms with Gasteiger partial charge in [-0.15, -0.1) is 0 Å². The molecule has 1 N–H and O–H groups in total. The Bertz CT molecular complexity index is 1570. The molecule has 0 saturated heterocycles. The molecule has 0 atom stereocenters. The van der Waals surface area contributed by atoms with Crippen LogP contribution in [-0.4, -0.2) is 21.9 Å². The van der Waals surface area contributed by atoms with Gasteiger partial charge in [0.1, 0.15) is 18.1 Å². The van der Waals surface area contributed by atoms with Gasteiger partial charge in [0.15, 0.2) is 0 Å². The first-order valence-electron chi connectivity index (χ1n) is 11.8. The van der Waals surface area contributed by atoms with Crippen molar-refractivity contribution < 1.29 is 9.53 Å². The molecule has 0 radical (unpaired) electrons. The van der Waals surface area contributed by atoms with Gasteiger partial charge in [0.25, 0.3) is 5.91 Å². The first-order chi connectivity index (χ1) is 18.6. The van der Waals surface area contributed by atoms with Crippen molar-refractivity contribution in [2.24, 2.45) is 5.10 Å². The van der Waals surface area contributed by atoms with Gasteiger partial charge in [-0.1, -0.05) is 77.8 Å². The number of hydrazone groups is 1. The molecule has 38 heavy (non-hydrogen) atoms. The molecule has 0 fully saturated rings. The van der Waals surface area contributed by atoms with Gasteiger partial charge in [-0.3, -0.25) is 4.79 Å². The molecule has 1 heterocycles. The summed E-state index contributed by atoms with van der Waals surface area (Å²) < 4.78 is 7.58. The second-order valence-electron chi connectivity index (χ2n) is 8.33. The largest absolute Gasteiger partial charge is 0.489 e. The normalized spacial score (nSPS) is 11.0. The van der Waals surface area contributed by atoms with Crippen LogP contribution in [0.15, 0.2) is 114 Å². The van der Waals surface area contributed by atoms with Crippen molar-refractivity contribution in [1.29, 1.82) is 0 Å². The summed E-state index contributed by atoms with van der Waals surface area (Å²) in [5, 5.41) is 10.0. The van der Waals surface area contributed by atoms with Crippen LogP contribution in [0, 0.1) is 0 Å². The van der Waals surface area contributed by atoms with E-state index in [9.17, 15) is 4.79 Å². The van der Waals surface area contributed by atoms with E-state index in [1.165, 1.54) is 0 Å². The van der Waals surface area contributed by atoms with E-state index in [1.807, 2.05) is 72.9 Å². The SMILES string of the molecule is O=C(N/N=C\c1cn(-c2ccccc2)nc1-c1ccccc1)c1ccc(OCc2ccc(Cl)cc2Cl)cc1. The lowest BCUT2D eigenvalue weighted by Gasteiger charge is -2.08. The van der Waals surface area contributed by atoms with Crippen LogP contribution >= 0.6 is 23.2 Å². The quantitative estimate of drug-likeness (QED) is 0.167. The molecule has 0 aliphatic rings. The number of halogens is 2. The maximum Gasteiger partial charge on any atom is 0.271 e. The Kier molecular flexibility index (Phi) is 7.83. The zero-order valence-corrected chi connectivity index (χ0v) is 21.6. The van der Waals surface area contributed by atoms with Gasteiger partial charge < -0.3 is 4.74 Å². The highest BCUT2D eigenvalue weighted by atomic mass is 35.5. The zero-order chi connectivity index (χ0) is 26.3. The number of amides is 1. The summed E-state index contributed by atoms with van der Waals surface area (Å²) in [5.74, 6) is 0.266. The van der Waals surface area contributed by atoms with E-state index in [-0.39, 0.29) is 12.5 Å². The van der Waals surface area contributed by atoms with Crippen LogP contribution in [0.5, 0.6) is 5.75 Å². The summed E-state index contributed by atoms with van der Waals surface area (Å²) in [6.07, 6.45) is 3.48. The summed E-state index contributed by atoms with van der Waals surface area (Å²) in [4.78, 5) is 12.7. The first kappa shape index (κ1) is 25.3. The molecule has 0 bridgehead atoms. The number of ether oxygens (including phenoxy) is 1. The third kappa shape index (κ3) is 6.11. The van der Waals surface area contributed by atoms with Crippen molar-refractivity contribution in [1.82, 2.24) is 15.2 Å². The smallest absolute Gasteiger partial charge is 0.271 e. The Morgan fingerprint density at radius 1 is 0.921 bits per heavy atom. The molecule has 1 aromatic heterocycles. The van der Waals surface area contributed by atoms with E-state index in [2.05, 4.69) is 10.5 Å². The second kappa shape index (κ2) is 11.8. The minimum absolute atomic E-state index is 0.284. The predicted octanol–water partition coefficient (Wildman–Crippen LogP) is 7.19. The average molecular weight is 541 g/mol. The van der Waals surface area contributed by atoms with Crippen molar-refractivity contribution in [2.45, 2.75) is 6.61 Å². The van der Waals surface area contributed by atoms with Gasteiger partial charge in [0.2, 0.25) is 0 Å². The molecule has 0 aliphatic carbocycles. The number of hydrogen-bond acceptors (Lipinski definition) is 4. The standard InChI is InChI=1S/C30H22Cl2N4O2/c31-25-14-11-23(28(32)17-25)20-38-27-15-12-22(13-16-27)30(37)34-33-18-24-19-36(26-9-5-2-6-10-26)35-29(24)21-7-3-1-4-8-21/h1-19H,20H2,(H,34,37)/b33-18-. The predicted molar refractivity (Wildman–Crippen MR) is 151 cm³/mol. The van der Waals surface area contributed by atoms with E-state index in [4.69, 9.17) is 33.0 Å². The third-order valence-corrected chi connectivity index (χ3v) is 6.29. The topological polar surface area (TPSA) is 68.5 Å². The average Bonchev–Trinajstić information content (AvgIpc) is 3.38. The molecule has 1 amide bonds. The summed E-state index contributed by atoms with van der Waals surface area (Å²) >= 11 is 12.1. The molecule has 8 heteroatoms. The fraction of sp³-hybridized carbons (Fsp3) is 0.0333. The van der Waals surface area contributed by atoms with Crippen LogP contribution in [0.1, 0.15) is 21.5 Å². The van der Waals surface area contributed by atoms with Crippen LogP contribution in [0.25, 0.3) is 16.9 Å². The van der Waals surface area contributed by atoms with Gasteiger partial charge in [0.05, 0.1) is 11.9 Å². The molecule has 6 nitrogen and oxygen atoms in total. The van der Waals surface area contributed by atoms with Crippen molar-refractivity contribution in [3.63, 3.8) is 0 Å². The number of rotatable bonds is 8. The summed E-state index contributed by atoms with van der Waals surface area (Å²) in [6, 6.07) is 31.7. The summed E-state index contributed by atoms with van der Waals surface area (Å²) in [5.41, 5.74) is 7.25. The number of nitrogens with zero attached hydrogens (tertiary/aromatic N) is 3. The number of carbonyl (C=O) groups is 1. The molecule has 0 unspecified atom stereocenters. The Hall–Kier alpha value is -4.39. The lowest BCUT2D eigenvalue weighted by Crippen LogP contribution is -2.17. The highest BCUT2D eigenvalue weighted by molar-refractivity contribution is 6.35. The minimum atomic E-state index is -0.342. The Morgan fingerprint density at radius 2 is 1.63 bits per heavy atom. The van der Waals surface area contributed by atoms with Crippen molar-refractivity contribution in [2.75, 3.05) is 0 Å². The molecule has 0 spiro atoms. The van der Waals surface area contributed by atoms with Crippen molar-refractivity contribution in [3.05, 3.63) is 136 Å². The first-order valence-corrected chi connectivity index (χ1v) is 12.5. The van der Waals surface area contributed by atoms with Crippen LogP contribution in [-0.2, 0) is 6.61 Å². The van der Waals surface area contributed by atoms with E-state index in [0.717, 1.165) is 28.1 Å². The molecule has 5 rings (SSSR count). The van der Waals surface area contributed by atoms with Crippen LogP contribution in [0.4, 0.5) is 0 Å². The van der Waals surface area contributed by atoms with Gasteiger partial charge in [0, 0.05) is 38.5 Å². The number of benzene rings is 4. The third-order valence-electron chi connectivity index (χ3n) is 5.71. The number of hydrogen-bond donors (Lipinski definition) is 1. The monoisotopic (exact) mass is 540 g/mol. The number of aromatic nitrogens is 2. The van der Waals surface area contributed by atoms with Crippen molar-refractivity contribution in [3.8, 4) is 22.7 Å².